The Morgan fingerprint density at radius 2 is 1.93 bits per heavy atom. The van der Waals surface area contributed by atoms with E-state index in [2.05, 4.69) is 10.4 Å². The highest BCUT2D eigenvalue weighted by Gasteiger charge is 2.31. The van der Waals surface area contributed by atoms with Crippen molar-refractivity contribution in [2.24, 2.45) is 0 Å². The first kappa shape index (κ1) is 20.4. The molecule has 0 spiro atoms. The Morgan fingerprint density at radius 3 is 2.60 bits per heavy atom. The van der Waals surface area contributed by atoms with Gasteiger partial charge in [-0.05, 0) is 49.9 Å². The van der Waals surface area contributed by atoms with Crippen LogP contribution in [0, 0.1) is 6.92 Å². The summed E-state index contributed by atoms with van der Waals surface area (Å²) in [6.45, 7) is 3.00. The van der Waals surface area contributed by atoms with Gasteiger partial charge in [0.1, 0.15) is 10.7 Å². The number of furan rings is 1. The van der Waals surface area contributed by atoms with Crippen LogP contribution in [0.1, 0.15) is 34.7 Å². The molecule has 30 heavy (non-hydrogen) atoms. The van der Waals surface area contributed by atoms with Crippen LogP contribution < -0.4 is 5.32 Å². The molecule has 1 aliphatic heterocycles. The van der Waals surface area contributed by atoms with E-state index in [1.54, 1.807) is 17.8 Å². The molecule has 0 unspecified atom stereocenters. The maximum absolute atomic E-state index is 12.7. The standard InChI is InChI=1S/C21H24N4O4S/c1-16-20(30(27,28)24-12-2-3-13-24)15-19(29-16)21(26)22-11-9-17-5-7-18(8-6-17)25-14-4-10-23-25/h4-8,10,14-15H,2-3,9,11-13H2,1H3,(H,22,26). The summed E-state index contributed by atoms with van der Waals surface area (Å²) in [5.41, 5.74) is 2.03. The molecule has 0 bridgehead atoms. The monoisotopic (exact) mass is 428 g/mol. The van der Waals surface area contributed by atoms with E-state index in [0.717, 1.165) is 24.1 Å². The number of nitrogens with zero attached hydrogens (tertiary/aromatic N) is 3. The molecule has 1 fully saturated rings. The van der Waals surface area contributed by atoms with Gasteiger partial charge in [0.05, 0.1) is 5.69 Å². The van der Waals surface area contributed by atoms with E-state index in [-0.39, 0.29) is 16.4 Å². The van der Waals surface area contributed by atoms with Gasteiger partial charge in [-0.3, -0.25) is 4.79 Å². The zero-order valence-electron chi connectivity index (χ0n) is 16.7. The Kier molecular flexibility index (Phi) is 5.74. The topological polar surface area (TPSA) is 97.4 Å². The summed E-state index contributed by atoms with van der Waals surface area (Å²) in [5.74, 6) is -0.172. The number of amides is 1. The van der Waals surface area contributed by atoms with Gasteiger partial charge >= 0.3 is 0 Å². The van der Waals surface area contributed by atoms with Gasteiger partial charge in [0, 0.05) is 38.1 Å². The third kappa shape index (κ3) is 4.17. The number of carbonyl (C=O) groups excluding carboxylic acids is 1. The van der Waals surface area contributed by atoms with Gasteiger partial charge < -0.3 is 9.73 Å². The maximum Gasteiger partial charge on any atom is 0.287 e. The van der Waals surface area contributed by atoms with E-state index in [1.165, 1.54) is 10.4 Å². The lowest BCUT2D eigenvalue weighted by Gasteiger charge is -2.14. The number of aromatic nitrogens is 2. The molecule has 0 atom stereocenters. The number of nitrogens with one attached hydrogen (secondary N) is 1. The molecule has 1 aliphatic rings. The Morgan fingerprint density at radius 1 is 1.20 bits per heavy atom. The van der Waals surface area contributed by atoms with E-state index in [9.17, 15) is 13.2 Å². The van der Waals surface area contributed by atoms with Crippen molar-refractivity contribution in [3.8, 4) is 5.69 Å². The fraction of sp³-hybridized carbons (Fsp3) is 0.333. The molecule has 1 N–H and O–H groups in total. The lowest BCUT2D eigenvalue weighted by molar-refractivity contribution is 0.0925. The van der Waals surface area contributed by atoms with Crippen molar-refractivity contribution < 1.29 is 17.6 Å². The van der Waals surface area contributed by atoms with Crippen LogP contribution in [0.5, 0.6) is 0 Å². The summed E-state index contributed by atoms with van der Waals surface area (Å²) in [5, 5.41) is 6.98. The van der Waals surface area contributed by atoms with Crippen molar-refractivity contribution in [3.05, 3.63) is 65.9 Å². The lowest BCUT2D eigenvalue weighted by atomic mass is 10.1. The van der Waals surface area contributed by atoms with E-state index in [4.69, 9.17) is 4.42 Å². The quantitative estimate of drug-likeness (QED) is 0.624. The first-order chi connectivity index (χ1) is 14.4. The molecule has 0 aliphatic carbocycles. The van der Waals surface area contributed by atoms with Crippen LogP contribution in [-0.2, 0) is 16.4 Å². The van der Waals surface area contributed by atoms with Crippen molar-refractivity contribution in [3.63, 3.8) is 0 Å². The third-order valence-corrected chi connectivity index (χ3v) is 7.19. The predicted molar refractivity (Wildman–Crippen MR) is 111 cm³/mol. The van der Waals surface area contributed by atoms with E-state index in [0.29, 0.717) is 26.1 Å². The molecule has 2 aromatic heterocycles. The van der Waals surface area contributed by atoms with Crippen molar-refractivity contribution in [1.82, 2.24) is 19.4 Å². The Balaban J connectivity index is 1.35. The molecular weight excluding hydrogens is 404 g/mol. The van der Waals surface area contributed by atoms with Crippen LogP contribution in [0.15, 0.2) is 58.1 Å². The molecule has 4 rings (SSSR count). The summed E-state index contributed by atoms with van der Waals surface area (Å²) in [7, 11) is -3.62. The van der Waals surface area contributed by atoms with Crippen LogP contribution >= 0.6 is 0 Å². The predicted octanol–water partition coefficient (Wildman–Crippen LogP) is 2.53. The van der Waals surface area contributed by atoms with Gasteiger partial charge in [-0.2, -0.15) is 9.40 Å². The minimum Gasteiger partial charge on any atom is -0.455 e. The Labute approximate surface area is 175 Å². The van der Waals surface area contributed by atoms with Crippen LogP contribution in [0.3, 0.4) is 0 Å². The van der Waals surface area contributed by atoms with Crippen molar-refractivity contribution in [1.29, 1.82) is 0 Å². The Bertz CT molecular complexity index is 1110. The van der Waals surface area contributed by atoms with Crippen molar-refractivity contribution in [2.45, 2.75) is 31.1 Å². The molecule has 8 nitrogen and oxygen atoms in total. The minimum atomic E-state index is -3.62. The number of carbonyl (C=O) groups is 1. The van der Waals surface area contributed by atoms with Gasteiger partial charge in [-0.1, -0.05) is 12.1 Å². The Hall–Kier alpha value is -2.91. The van der Waals surface area contributed by atoms with E-state index in [1.807, 2.05) is 36.5 Å². The first-order valence-corrected chi connectivity index (χ1v) is 11.4. The number of hydrogen-bond acceptors (Lipinski definition) is 5. The van der Waals surface area contributed by atoms with Crippen LogP contribution in [-0.4, -0.2) is 48.0 Å². The van der Waals surface area contributed by atoms with E-state index >= 15 is 0 Å². The maximum atomic E-state index is 12.7. The van der Waals surface area contributed by atoms with Crippen LogP contribution in [0.25, 0.3) is 5.69 Å². The fourth-order valence-electron chi connectivity index (χ4n) is 3.55. The summed E-state index contributed by atoms with van der Waals surface area (Å²) in [4.78, 5) is 12.5. The number of sulfonamides is 1. The molecular formula is C21H24N4O4S. The largest absolute Gasteiger partial charge is 0.455 e. The zero-order chi connectivity index (χ0) is 21.1. The van der Waals surface area contributed by atoms with Gasteiger partial charge in [0.25, 0.3) is 5.91 Å². The number of rotatable bonds is 7. The summed E-state index contributed by atoms with van der Waals surface area (Å²) < 4.78 is 34.1. The van der Waals surface area contributed by atoms with E-state index < -0.39 is 15.9 Å². The highest BCUT2D eigenvalue weighted by molar-refractivity contribution is 7.89. The van der Waals surface area contributed by atoms with Gasteiger partial charge in [-0.15, -0.1) is 0 Å². The highest BCUT2D eigenvalue weighted by Crippen LogP contribution is 2.26. The van der Waals surface area contributed by atoms with Crippen molar-refractivity contribution >= 4 is 15.9 Å². The molecule has 0 saturated carbocycles. The average Bonchev–Trinajstić information content (AvgIpc) is 3.50. The smallest absolute Gasteiger partial charge is 0.287 e. The summed E-state index contributed by atoms with van der Waals surface area (Å²) in [6, 6.07) is 11.1. The summed E-state index contributed by atoms with van der Waals surface area (Å²) >= 11 is 0. The molecule has 158 valence electrons. The van der Waals surface area contributed by atoms with Crippen LogP contribution in [0.4, 0.5) is 0 Å². The molecule has 1 saturated heterocycles. The number of hydrogen-bond donors (Lipinski definition) is 1. The highest BCUT2D eigenvalue weighted by atomic mass is 32.2. The minimum absolute atomic E-state index is 0.0132. The second kappa shape index (κ2) is 8.45. The first-order valence-electron chi connectivity index (χ1n) is 9.93. The second-order valence-electron chi connectivity index (χ2n) is 7.27. The van der Waals surface area contributed by atoms with Crippen LogP contribution in [0.2, 0.25) is 0 Å². The molecule has 1 amide bonds. The van der Waals surface area contributed by atoms with Gasteiger partial charge in [0.15, 0.2) is 5.76 Å². The third-order valence-electron chi connectivity index (χ3n) is 5.18. The number of aryl methyl sites for hydroxylation is 1. The fourth-order valence-corrected chi connectivity index (χ4v) is 5.22. The normalized spacial score (nSPS) is 14.8. The number of benzene rings is 1. The SMILES string of the molecule is Cc1oc(C(=O)NCCc2ccc(-n3cccn3)cc2)cc1S(=O)(=O)N1CCCC1. The second-order valence-corrected chi connectivity index (χ2v) is 9.17. The average molecular weight is 429 g/mol. The van der Waals surface area contributed by atoms with Gasteiger partial charge in [-0.25, -0.2) is 13.1 Å². The molecule has 0 radical (unpaired) electrons. The summed E-state index contributed by atoms with van der Waals surface area (Å²) in [6.07, 6.45) is 5.95. The molecule has 3 heterocycles. The molecule has 9 heteroatoms. The molecule has 3 aromatic rings. The molecule has 1 aromatic carbocycles. The van der Waals surface area contributed by atoms with Gasteiger partial charge in [0.2, 0.25) is 10.0 Å². The zero-order valence-corrected chi connectivity index (χ0v) is 17.6. The van der Waals surface area contributed by atoms with Crippen molar-refractivity contribution in [2.75, 3.05) is 19.6 Å². The lowest BCUT2D eigenvalue weighted by Crippen LogP contribution is -2.28.